The van der Waals surface area contributed by atoms with E-state index in [9.17, 15) is 0 Å². The number of piperidine rings is 1. The van der Waals surface area contributed by atoms with Gasteiger partial charge in [0.25, 0.3) is 0 Å². The molecule has 0 N–H and O–H groups in total. The molecular formula is C24H30N2O. The molecule has 0 bridgehead atoms. The molecule has 3 heteroatoms. The van der Waals surface area contributed by atoms with Crippen molar-refractivity contribution in [3.8, 4) is 5.75 Å². The first-order chi connectivity index (χ1) is 13.3. The molecule has 1 fully saturated rings. The molecule has 27 heavy (non-hydrogen) atoms. The Morgan fingerprint density at radius 1 is 1.07 bits per heavy atom. The Bertz CT molecular complexity index is 818. The summed E-state index contributed by atoms with van der Waals surface area (Å²) in [7, 11) is 1.77. The van der Waals surface area contributed by atoms with Gasteiger partial charge in [-0.2, -0.15) is 0 Å². The lowest BCUT2D eigenvalue weighted by atomic mass is 9.88. The Labute approximate surface area is 162 Å². The minimum atomic E-state index is 0.707. The van der Waals surface area contributed by atoms with E-state index in [2.05, 4.69) is 52.3 Å². The van der Waals surface area contributed by atoms with E-state index in [1.807, 2.05) is 0 Å². The van der Waals surface area contributed by atoms with Crippen LogP contribution in [-0.4, -0.2) is 44.2 Å². The molecule has 142 valence electrons. The molecule has 3 aliphatic heterocycles. The number of benzene rings is 2. The number of hydrogen-bond acceptors (Lipinski definition) is 3. The molecule has 0 saturated carbocycles. The molecule has 2 aromatic rings. The summed E-state index contributed by atoms with van der Waals surface area (Å²) in [4.78, 5) is 5.46. The van der Waals surface area contributed by atoms with Gasteiger partial charge in [-0.3, -0.25) is 0 Å². The van der Waals surface area contributed by atoms with Crippen molar-refractivity contribution in [3.63, 3.8) is 0 Å². The number of anilines is 1. The maximum Gasteiger partial charge on any atom is 0.122 e. The molecule has 0 spiro atoms. The molecule has 1 saturated heterocycles. The van der Waals surface area contributed by atoms with Gasteiger partial charge >= 0.3 is 0 Å². The Hall–Kier alpha value is -2.00. The van der Waals surface area contributed by atoms with Gasteiger partial charge in [-0.25, -0.2) is 0 Å². The van der Waals surface area contributed by atoms with E-state index in [1.165, 1.54) is 57.4 Å². The highest BCUT2D eigenvalue weighted by molar-refractivity contribution is 5.68. The quantitative estimate of drug-likeness (QED) is 0.791. The topological polar surface area (TPSA) is 15.7 Å². The molecule has 0 aromatic heterocycles. The minimum absolute atomic E-state index is 0.707. The summed E-state index contributed by atoms with van der Waals surface area (Å²) in [5.41, 5.74) is 6.17. The average Bonchev–Trinajstić information content (AvgIpc) is 3.04. The van der Waals surface area contributed by atoms with E-state index < -0.39 is 0 Å². The monoisotopic (exact) mass is 362 g/mol. The standard InChI is InChI=1S/C24H30N2O/c1-27-23-12-3-2-7-18(23)9-5-14-25-16-13-22-21(17-25)20-11-4-8-19-10-6-15-26(22)24(19)20/h2-4,7-8,11-12,21-22H,5-6,9-10,13-17H2,1H3. The van der Waals surface area contributed by atoms with E-state index in [-0.39, 0.29) is 0 Å². The second-order valence-corrected chi connectivity index (χ2v) is 8.33. The fourth-order valence-corrected chi connectivity index (χ4v) is 5.64. The van der Waals surface area contributed by atoms with E-state index in [4.69, 9.17) is 4.74 Å². The van der Waals surface area contributed by atoms with Crippen LogP contribution in [0.5, 0.6) is 5.75 Å². The summed E-state index contributed by atoms with van der Waals surface area (Å²) in [5.74, 6) is 1.74. The van der Waals surface area contributed by atoms with Gasteiger partial charge < -0.3 is 14.5 Å². The van der Waals surface area contributed by atoms with Crippen LogP contribution in [0.2, 0.25) is 0 Å². The SMILES string of the molecule is COc1ccccc1CCCN1CCC2C(C1)c1cccc3c1N2CCC3. The fourth-order valence-electron chi connectivity index (χ4n) is 5.64. The van der Waals surface area contributed by atoms with Crippen LogP contribution in [0.25, 0.3) is 0 Å². The Kier molecular flexibility index (Phi) is 4.56. The van der Waals surface area contributed by atoms with Crippen molar-refractivity contribution in [2.75, 3.05) is 38.2 Å². The molecule has 0 radical (unpaired) electrons. The third kappa shape index (κ3) is 3.02. The van der Waals surface area contributed by atoms with Crippen LogP contribution in [0.15, 0.2) is 42.5 Å². The zero-order valence-corrected chi connectivity index (χ0v) is 16.4. The van der Waals surface area contributed by atoms with Crippen LogP contribution in [0.3, 0.4) is 0 Å². The van der Waals surface area contributed by atoms with Gasteiger partial charge in [0.1, 0.15) is 5.75 Å². The summed E-state index contributed by atoms with van der Waals surface area (Å²) in [6.07, 6.45) is 6.20. The second kappa shape index (κ2) is 7.20. The smallest absolute Gasteiger partial charge is 0.122 e. The van der Waals surface area contributed by atoms with Gasteiger partial charge in [-0.15, -0.1) is 0 Å². The van der Waals surface area contributed by atoms with Crippen molar-refractivity contribution in [1.82, 2.24) is 4.90 Å². The molecule has 0 aliphatic carbocycles. The highest BCUT2D eigenvalue weighted by Gasteiger charge is 2.43. The largest absolute Gasteiger partial charge is 0.496 e. The number of fused-ring (bicyclic) bond motifs is 3. The normalized spacial score (nSPS) is 23.8. The summed E-state index contributed by atoms with van der Waals surface area (Å²) >= 11 is 0. The maximum atomic E-state index is 5.51. The molecule has 3 heterocycles. The summed E-state index contributed by atoms with van der Waals surface area (Å²) in [6.45, 7) is 4.92. The summed E-state index contributed by atoms with van der Waals surface area (Å²) < 4.78 is 5.51. The van der Waals surface area contributed by atoms with Crippen LogP contribution < -0.4 is 9.64 Å². The Morgan fingerprint density at radius 3 is 2.93 bits per heavy atom. The number of ether oxygens (including phenoxy) is 1. The van der Waals surface area contributed by atoms with Gasteiger partial charge in [-0.05, 0) is 61.4 Å². The first-order valence-corrected chi connectivity index (χ1v) is 10.6. The van der Waals surface area contributed by atoms with Gasteiger partial charge in [0.05, 0.1) is 7.11 Å². The Morgan fingerprint density at radius 2 is 2.00 bits per heavy atom. The molecule has 5 rings (SSSR count). The predicted molar refractivity (Wildman–Crippen MR) is 111 cm³/mol. The zero-order valence-electron chi connectivity index (χ0n) is 16.4. The first kappa shape index (κ1) is 17.1. The number of likely N-dealkylation sites (tertiary alicyclic amines) is 1. The van der Waals surface area contributed by atoms with E-state index in [1.54, 1.807) is 23.9 Å². The predicted octanol–water partition coefficient (Wildman–Crippen LogP) is 4.25. The fraction of sp³-hybridized carbons (Fsp3) is 0.500. The number of methoxy groups -OCH3 is 1. The van der Waals surface area contributed by atoms with Gasteiger partial charge in [-0.1, -0.05) is 36.4 Å². The highest BCUT2D eigenvalue weighted by Crippen LogP contribution is 2.48. The lowest BCUT2D eigenvalue weighted by molar-refractivity contribution is 0.191. The summed E-state index contributed by atoms with van der Waals surface area (Å²) in [6, 6.07) is 16.2. The van der Waals surface area contributed by atoms with Gasteiger partial charge in [0.15, 0.2) is 0 Å². The third-order valence-corrected chi connectivity index (χ3v) is 6.86. The van der Waals surface area contributed by atoms with Gasteiger partial charge in [0.2, 0.25) is 0 Å². The molecule has 3 nitrogen and oxygen atoms in total. The van der Waals surface area contributed by atoms with Crippen molar-refractivity contribution in [1.29, 1.82) is 0 Å². The number of rotatable bonds is 5. The third-order valence-electron chi connectivity index (χ3n) is 6.86. The van der Waals surface area contributed by atoms with Crippen LogP contribution in [0.1, 0.15) is 41.9 Å². The zero-order chi connectivity index (χ0) is 18.2. The molecular weight excluding hydrogens is 332 g/mol. The second-order valence-electron chi connectivity index (χ2n) is 8.33. The van der Waals surface area contributed by atoms with Crippen LogP contribution in [0, 0.1) is 0 Å². The molecule has 2 aromatic carbocycles. The van der Waals surface area contributed by atoms with Crippen LogP contribution >= 0.6 is 0 Å². The van der Waals surface area contributed by atoms with E-state index in [0.29, 0.717) is 5.92 Å². The average molecular weight is 363 g/mol. The van der Waals surface area contributed by atoms with Crippen molar-refractivity contribution in [2.45, 2.75) is 44.1 Å². The first-order valence-electron chi connectivity index (χ1n) is 10.6. The van der Waals surface area contributed by atoms with Crippen molar-refractivity contribution in [3.05, 3.63) is 59.2 Å². The summed E-state index contributed by atoms with van der Waals surface area (Å²) in [5, 5.41) is 0. The molecule has 2 unspecified atom stereocenters. The van der Waals surface area contributed by atoms with Crippen molar-refractivity contribution in [2.24, 2.45) is 0 Å². The van der Waals surface area contributed by atoms with Crippen molar-refractivity contribution < 1.29 is 4.74 Å². The minimum Gasteiger partial charge on any atom is -0.496 e. The Balaban J connectivity index is 1.25. The van der Waals surface area contributed by atoms with Crippen LogP contribution in [0.4, 0.5) is 5.69 Å². The highest BCUT2D eigenvalue weighted by atomic mass is 16.5. The molecule has 2 atom stereocenters. The van der Waals surface area contributed by atoms with Crippen molar-refractivity contribution >= 4 is 5.69 Å². The molecule has 0 amide bonds. The van der Waals surface area contributed by atoms with E-state index >= 15 is 0 Å². The maximum absolute atomic E-state index is 5.51. The number of para-hydroxylation sites is 2. The van der Waals surface area contributed by atoms with E-state index in [0.717, 1.165) is 18.2 Å². The molecule has 3 aliphatic rings. The number of nitrogens with zero attached hydrogens (tertiary/aromatic N) is 2. The number of hydrogen-bond donors (Lipinski definition) is 0. The van der Waals surface area contributed by atoms with Gasteiger partial charge in [0, 0.05) is 37.3 Å². The van der Waals surface area contributed by atoms with Crippen LogP contribution in [-0.2, 0) is 12.8 Å². The lowest BCUT2D eigenvalue weighted by Gasteiger charge is -2.40. The lowest BCUT2D eigenvalue weighted by Crippen LogP contribution is -2.47. The number of aryl methyl sites for hydroxylation is 2.